The van der Waals surface area contributed by atoms with E-state index in [1.165, 1.54) is 0 Å². The summed E-state index contributed by atoms with van der Waals surface area (Å²) in [5.41, 5.74) is 0. The van der Waals surface area contributed by atoms with Crippen molar-refractivity contribution < 1.29 is 5.11 Å². The minimum absolute atomic E-state index is 0.279. The highest BCUT2D eigenvalue weighted by atomic mass is 16.3. The number of aliphatic hydroxyl groups is 1. The van der Waals surface area contributed by atoms with Crippen molar-refractivity contribution >= 4 is 0 Å². The van der Waals surface area contributed by atoms with Gasteiger partial charge in [0.2, 0.25) is 0 Å². The van der Waals surface area contributed by atoms with Gasteiger partial charge in [-0.05, 0) is 21.0 Å². The van der Waals surface area contributed by atoms with Crippen molar-refractivity contribution in [3.63, 3.8) is 0 Å². The minimum Gasteiger partial charge on any atom is -0.390 e. The molecule has 76 valence electrons. The van der Waals surface area contributed by atoms with Crippen molar-refractivity contribution in [2.24, 2.45) is 0 Å². The first-order chi connectivity index (χ1) is 6.06. The van der Waals surface area contributed by atoms with Crippen LogP contribution in [0.5, 0.6) is 0 Å². The van der Waals surface area contributed by atoms with Crippen LogP contribution in [-0.4, -0.2) is 49.3 Å². The van der Waals surface area contributed by atoms with E-state index in [0.29, 0.717) is 19.5 Å². The number of hydrogen-bond acceptors (Lipinski definition) is 3. The lowest BCUT2D eigenvalue weighted by molar-refractivity contribution is 0.132. The van der Waals surface area contributed by atoms with Gasteiger partial charge in [-0.3, -0.25) is 0 Å². The number of likely N-dealkylation sites (N-methyl/N-ethyl adjacent to an activating group) is 1. The predicted octanol–water partition coefficient (Wildman–Crippen LogP) is -0.0897. The maximum Gasteiger partial charge on any atom is 0.0791 e. The molecule has 0 amide bonds. The van der Waals surface area contributed by atoms with E-state index in [2.05, 4.69) is 11.2 Å². The quantitative estimate of drug-likeness (QED) is 0.566. The lowest BCUT2D eigenvalue weighted by Gasteiger charge is -2.18. The highest BCUT2D eigenvalue weighted by Gasteiger charge is 2.06. The summed E-state index contributed by atoms with van der Waals surface area (Å²) in [4.78, 5) is 1.96. The summed E-state index contributed by atoms with van der Waals surface area (Å²) < 4.78 is 0. The fourth-order valence-corrected chi connectivity index (χ4v) is 1.07. The highest BCUT2D eigenvalue weighted by Crippen LogP contribution is 1.90. The molecule has 0 aromatic heterocycles. The van der Waals surface area contributed by atoms with Gasteiger partial charge in [-0.25, -0.2) is 0 Å². The van der Waals surface area contributed by atoms with E-state index in [0.717, 1.165) is 0 Å². The lowest BCUT2D eigenvalue weighted by atomic mass is 10.2. The van der Waals surface area contributed by atoms with Gasteiger partial charge >= 0.3 is 0 Å². The van der Waals surface area contributed by atoms with Crippen LogP contribution < -0.4 is 5.32 Å². The van der Waals surface area contributed by atoms with E-state index in [9.17, 15) is 5.11 Å². The van der Waals surface area contributed by atoms with Crippen LogP contribution in [0.25, 0.3) is 0 Å². The summed E-state index contributed by atoms with van der Waals surface area (Å²) in [5, 5.41) is 12.7. The number of rotatable bonds is 6. The monoisotopic (exact) mass is 184 g/mol. The number of nitrogens with zero attached hydrogens (tertiary/aromatic N) is 1. The van der Waals surface area contributed by atoms with Crippen LogP contribution in [0.4, 0.5) is 0 Å². The Labute approximate surface area is 81.1 Å². The van der Waals surface area contributed by atoms with Crippen LogP contribution in [0, 0.1) is 12.3 Å². The zero-order chi connectivity index (χ0) is 10.3. The second kappa shape index (κ2) is 6.90. The van der Waals surface area contributed by atoms with Gasteiger partial charge in [0.25, 0.3) is 0 Å². The van der Waals surface area contributed by atoms with E-state index in [1.54, 1.807) is 0 Å². The third-order valence-electron chi connectivity index (χ3n) is 1.70. The Morgan fingerprint density at radius 3 is 2.62 bits per heavy atom. The highest BCUT2D eigenvalue weighted by molar-refractivity contribution is 4.88. The van der Waals surface area contributed by atoms with Gasteiger partial charge in [0.15, 0.2) is 0 Å². The van der Waals surface area contributed by atoms with Gasteiger partial charge < -0.3 is 15.3 Å². The predicted molar refractivity (Wildman–Crippen MR) is 55.5 cm³/mol. The summed E-state index contributed by atoms with van der Waals surface area (Å²) in [6.45, 7) is 3.29. The van der Waals surface area contributed by atoms with Crippen LogP contribution in [0.3, 0.4) is 0 Å². The molecule has 3 nitrogen and oxygen atoms in total. The molecule has 0 aromatic carbocycles. The molecule has 3 heteroatoms. The summed E-state index contributed by atoms with van der Waals surface area (Å²) in [6, 6.07) is 0.279. The first kappa shape index (κ1) is 12.4. The molecule has 2 atom stereocenters. The zero-order valence-corrected chi connectivity index (χ0v) is 8.75. The SMILES string of the molecule is C#CCC(C)NCC(O)CN(C)C. The third-order valence-corrected chi connectivity index (χ3v) is 1.70. The van der Waals surface area contributed by atoms with Crippen molar-refractivity contribution in [2.45, 2.75) is 25.5 Å². The lowest BCUT2D eigenvalue weighted by Crippen LogP contribution is -2.38. The van der Waals surface area contributed by atoms with E-state index in [4.69, 9.17) is 6.42 Å². The van der Waals surface area contributed by atoms with Crippen molar-refractivity contribution in [3.8, 4) is 12.3 Å². The van der Waals surface area contributed by atoms with Gasteiger partial charge in [-0.1, -0.05) is 0 Å². The Hall–Kier alpha value is -0.560. The average molecular weight is 184 g/mol. The first-order valence-electron chi connectivity index (χ1n) is 4.56. The molecule has 2 unspecified atom stereocenters. The topological polar surface area (TPSA) is 35.5 Å². The molecule has 0 aliphatic carbocycles. The summed E-state index contributed by atoms with van der Waals surface area (Å²) in [6.07, 6.45) is 5.54. The smallest absolute Gasteiger partial charge is 0.0791 e. The number of nitrogens with one attached hydrogen (secondary N) is 1. The van der Waals surface area contributed by atoms with E-state index < -0.39 is 0 Å². The molecule has 0 fully saturated rings. The number of hydrogen-bond donors (Lipinski definition) is 2. The van der Waals surface area contributed by atoms with Gasteiger partial charge in [0.1, 0.15) is 0 Å². The normalized spacial score (nSPS) is 15.4. The molecule has 0 heterocycles. The molecule has 0 radical (unpaired) electrons. The standard InChI is InChI=1S/C10H20N2O/c1-5-6-9(2)11-7-10(13)8-12(3)4/h1,9-11,13H,6-8H2,2-4H3. The maximum atomic E-state index is 9.48. The third kappa shape index (κ3) is 7.79. The summed E-state index contributed by atoms with van der Waals surface area (Å²) >= 11 is 0. The molecule has 0 aliphatic heterocycles. The largest absolute Gasteiger partial charge is 0.390 e. The summed E-state index contributed by atoms with van der Waals surface area (Å²) in [7, 11) is 3.88. The van der Waals surface area contributed by atoms with Crippen LogP contribution in [0.1, 0.15) is 13.3 Å². The Morgan fingerprint density at radius 2 is 2.15 bits per heavy atom. The molecule has 2 N–H and O–H groups in total. The average Bonchev–Trinajstić information content (AvgIpc) is 2.00. The maximum absolute atomic E-state index is 9.48. The summed E-state index contributed by atoms with van der Waals surface area (Å²) in [5.74, 6) is 2.58. The van der Waals surface area contributed by atoms with E-state index in [1.807, 2.05) is 25.9 Å². The zero-order valence-electron chi connectivity index (χ0n) is 8.75. The molecule has 0 aliphatic rings. The van der Waals surface area contributed by atoms with Gasteiger partial charge in [0, 0.05) is 25.6 Å². The fraction of sp³-hybridized carbons (Fsp3) is 0.800. The Balaban J connectivity index is 3.46. The fourth-order valence-electron chi connectivity index (χ4n) is 1.07. The molecule has 0 rings (SSSR count). The van der Waals surface area contributed by atoms with E-state index in [-0.39, 0.29) is 12.1 Å². The molecule has 0 bridgehead atoms. The van der Waals surface area contributed by atoms with Crippen molar-refractivity contribution in [3.05, 3.63) is 0 Å². The minimum atomic E-state index is -0.324. The number of terminal acetylenes is 1. The second-order valence-electron chi connectivity index (χ2n) is 3.63. The van der Waals surface area contributed by atoms with Gasteiger partial charge in [-0.2, -0.15) is 0 Å². The van der Waals surface area contributed by atoms with Crippen molar-refractivity contribution in [1.29, 1.82) is 0 Å². The van der Waals surface area contributed by atoms with Crippen LogP contribution >= 0.6 is 0 Å². The molecular weight excluding hydrogens is 164 g/mol. The second-order valence-corrected chi connectivity index (χ2v) is 3.63. The van der Waals surface area contributed by atoms with Crippen molar-refractivity contribution in [2.75, 3.05) is 27.2 Å². The molecular formula is C10H20N2O. The molecule has 0 saturated carbocycles. The Morgan fingerprint density at radius 1 is 1.54 bits per heavy atom. The van der Waals surface area contributed by atoms with Gasteiger partial charge in [0.05, 0.1) is 6.10 Å². The van der Waals surface area contributed by atoms with Crippen LogP contribution in [-0.2, 0) is 0 Å². The Bertz CT molecular complexity index is 163. The first-order valence-corrected chi connectivity index (χ1v) is 4.56. The van der Waals surface area contributed by atoms with E-state index >= 15 is 0 Å². The van der Waals surface area contributed by atoms with Gasteiger partial charge in [-0.15, -0.1) is 12.3 Å². The van der Waals surface area contributed by atoms with Crippen molar-refractivity contribution in [1.82, 2.24) is 10.2 Å². The van der Waals surface area contributed by atoms with Crippen LogP contribution in [0.2, 0.25) is 0 Å². The van der Waals surface area contributed by atoms with Crippen LogP contribution in [0.15, 0.2) is 0 Å². The molecule has 0 saturated heterocycles. The molecule has 0 aromatic rings. The molecule has 13 heavy (non-hydrogen) atoms. The number of aliphatic hydroxyl groups excluding tert-OH is 1. The molecule has 0 spiro atoms. The Kier molecular flexibility index (Phi) is 6.61.